The topological polar surface area (TPSA) is 44.5 Å². The number of rotatable bonds is 6. The Morgan fingerprint density at radius 1 is 1.10 bits per heavy atom. The number of hydrogen-bond donors (Lipinski definition) is 1. The molecule has 0 aliphatic carbocycles. The summed E-state index contributed by atoms with van der Waals surface area (Å²) in [5.74, 6) is 1.48. The van der Waals surface area contributed by atoms with E-state index in [1.165, 1.54) is 11.1 Å². The second-order valence-electron chi connectivity index (χ2n) is 5.10. The molecule has 0 aliphatic heterocycles. The molecule has 1 atom stereocenters. The Morgan fingerprint density at radius 2 is 1.90 bits per heavy atom. The molecular formula is C18H23NO2. The summed E-state index contributed by atoms with van der Waals surface area (Å²) >= 11 is 0. The van der Waals surface area contributed by atoms with Crippen molar-refractivity contribution in [2.45, 2.75) is 26.4 Å². The molecule has 0 aliphatic rings. The van der Waals surface area contributed by atoms with Gasteiger partial charge in [-0.1, -0.05) is 42.8 Å². The maximum Gasteiger partial charge on any atom is 0.162 e. The van der Waals surface area contributed by atoms with Gasteiger partial charge in [0, 0.05) is 6.54 Å². The van der Waals surface area contributed by atoms with Crippen LogP contribution in [0.3, 0.4) is 0 Å². The molecule has 0 saturated heterocycles. The normalized spacial score (nSPS) is 12.0. The van der Waals surface area contributed by atoms with Crippen LogP contribution in [0.15, 0.2) is 42.5 Å². The first kappa shape index (κ1) is 15.4. The zero-order chi connectivity index (χ0) is 15.2. The van der Waals surface area contributed by atoms with Crippen LogP contribution >= 0.6 is 0 Å². The maximum absolute atomic E-state index is 6.08. The second kappa shape index (κ2) is 7.14. The molecule has 112 valence electrons. The monoisotopic (exact) mass is 285 g/mol. The van der Waals surface area contributed by atoms with Crippen molar-refractivity contribution in [2.75, 3.05) is 13.7 Å². The van der Waals surface area contributed by atoms with Crippen molar-refractivity contribution in [2.24, 2.45) is 5.73 Å². The molecular weight excluding hydrogens is 262 g/mol. The lowest BCUT2D eigenvalue weighted by atomic mass is 10.1. The van der Waals surface area contributed by atoms with E-state index in [9.17, 15) is 0 Å². The number of hydrogen-bond acceptors (Lipinski definition) is 3. The largest absolute Gasteiger partial charge is 0.493 e. The molecule has 2 N–H and O–H groups in total. The van der Waals surface area contributed by atoms with Crippen LogP contribution in [-0.4, -0.2) is 13.7 Å². The molecule has 0 radical (unpaired) electrons. The molecule has 0 heterocycles. The van der Waals surface area contributed by atoms with Gasteiger partial charge in [0.25, 0.3) is 0 Å². The average Bonchev–Trinajstić information content (AvgIpc) is 2.52. The molecule has 0 aromatic heterocycles. The zero-order valence-corrected chi connectivity index (χ0v) is 12.9. The van der Waals surface area contributed by atoms with Crippen molar-refractivity contribution in [3.05, 3.63) is 59.2 Å². The zero-order valence-electron chi connectivity index (χ0n) is 12.9. The predicted molar refractivity (Wildman–Crippen MR) is 86.0 cm³/mol. The third kappa shape index (κ3) is 3.76. The molecule has 21 heavy (non-hydrogen) atoms. The van der Waals surface area contributed by atoms with Gasteiger partial charge in [0.15, 0.2) is 11.5 Å². The number of nitrogens with two attached hydrogens (primary N) is 1. The van der Waals surface area contributed by atoms with Crippen LogP contribution in [0.1, 0.15) is 29.7 Å². The molecule has 2 rings (SSSR count). The Kier molecular flexibility index (Phi) is 5.23. The van der Waals surface area contributed by atoms with Crippen molar-refractivity contribution in [3.8, 4) is 11.5 Å². The van der Waals surface area contributed by atoms with Crippen LogP contribution in [0.5, 0.6) is 11.5 Å². The van der Waals surface area contributed by atoms with Gasteiger partial charge in [-0.2, -0.15) is 0 Å². The summed E-state index contributed by atoms with van der Waals surface area (Å²) in [5.41, 5.74) is 9.39. The third-order valence-corrected chi connectivity index (χ3v) is 3.53. The Labute approximate surface area is 126 Å². The Balaban J connectivity index is 2.26. The molecule has 1 unspecified atom stereocenters. The minimum absolute atomic E-state index is 0.175. The van der Waals surface area contributed by atoms with Crippen LogP contribution in [-0.2, 0) is 6.42 Å². The fourth-order valence-electron chi connectivity index (χ4n) is 2.31. The first-order valence-corrected chi connectivity index (χ1v) is 7.28. The first-order chi connectivity index (χ1) is 10.2. The van der Waals surface area contributed by atoms with Crippen LogP contribution in [0.2, 0.25) is 0 Å². The van der Waals surface area contributed by atoms with E-state index in [2.05, 4.69) is 32.0 Å². The van der Waals surface area contributed by atoms with Crippen LogP contribution in [0.25, 0.3) is 0 Å². The molecule has 3 heteroatoms. The molecule has 0 bridgehead atoms. The van der Waals surface area contributed by atoms with E-state index in [0.29, 0.717) is 6.54 Å². The molecule has 0 fully saturated rings. The van der Waals surface area contributed by atoms with Gasteiger partial charge in [-0.25, -0.2) is 0 Å². The van der Waals surface area contributed by atoms with Crippen LogP contribution in [0.4, 0.5) is 0 Å². The van der Waals surface area contributed by atoms with Gasteiger partial charge in [0.05, 0.1) is 7.11 Å². The van der Waals surface area contributed by atoms with Gasteiger partial charge in [-0.15, -0.1) is 0 Å². The van der Waals surface area contributed by atoms with Crippen LogP contribution < -0.4 is 15.2 Å². The Morgan fingerprint density at radius 3 is 2.52 bits per heavy atom. The summed E-state index contributed by atoms with van der Waals surface area (Å²) in [6.07, 6.45) is 0.792. The van der Waals surface area contributed by atoms with Crippen molar-refractivity contribution < 1.29 is 9.47 Å². The molecule has 0 spiro atoms. The summed E-state index contributed by atoms with van der Waals surface area (Å²) in [5, 5.41) is 0. The van der Waals surface area contributed by atoms with Gasteiger partial charge in [0.1, 0.15) is 6.10 Å². The third-order valence-electron chi connectivity index (χ3n) is 3.53. The van der Waals surface area contributed by atoms with E-state index >= 15 is 0 Å². The van der Waals surface area contributed by atoms with Gasteiger partial charge < -0.3 is 15.2 Å². The molecule has 2 aromatic rings. The molecule has 0 amide bonds. The first-order valence-electron chi connectivity index (χ1n) is 7.28. The average molecular weight is 285 g/mol. The van der Waals surface area contributed by atoms with E-state index in [-0.39, 0.29) is 6.10 Å². The van der Waals surface area contributed by atoms with E-state index in [1.807, 2.05) is 24.3 Å². The van der Waals surface area contributed by atoms with Crippen molar-refractivity contribution in [3.63, 3.8) is 0 Å². The number of methoxy groups -OCH3 is 1. The predicted octanol–water partition coefficient (Wildman–Crippen LogP) is 3.64. The highest BCUT2D eigenvalue weighted by Gasteiger charge is 2.14. The summed E-state index contributed by atoms with van der Waals surface area (Å²) in [6, 6.07) is 14.3. The van der Waals surface area contributed by atoms with Gasteiger partial charge in [-0.05, 0) is 36.6 Å². The van der Waals surface area contributed by atoms with E-state index in [1.54, 1.807) is 7.11 Å². The van der Waals surface area contributed by atoms with Crippen molar-refractivity contribution in [1.29, 1.82) is 0 Å². The summed E-state index contributed by atoms with van der Waals surface area (Å²) < 4.78 is 11.5. The highest BCUT2D eigenvalue weighted by atomic mass is 16.5. The maximum atomic E-state index is 6.08. The minimum atomic E-state index is -0.175. The fourth-order valence-corrected chi connectivity index (χ4v) is 2.31. The Hall–Kier alpha value is -2.00. The fraction of sp³-hybridized carbons (Fsp3) is 0.333. The van der Waals surface area contributed by atoms with Crippen molar-refractivity contribution >= 4 is 0 Å². The van der Waals surface area contributed by atoms with Gasteiger partial charge in [-0.3, -0.25) is 0 Å². The van der Waals surface area contributed by atoms with Crippen LogP contribution in [0, 0.1) is 6.92 Å². The lowest BCUT2D eigenvalue weighted by Crippen LogP contribution is -2.18. The smallest absolute Gasteiger partial charge is 0.162 e. The highest BCUT2D eigenvalue weighted by molar-refractivity contribution is 5.43. The second-order valence-corrected chi connectivity index (χ2v) is 5.10. The SMILES string of the molecule is CCc1ccc(OC(CN)c2cccc(C)c2)c(OC)c1. The summed E-state index contributed by atoms with van der Waals surface area (Å²) in [4.78, 5) is 0. The highest BCUT2D eigenvalue weighted by Crippen LogP contribution is 2.32. The van der Waals surface area contributed by atoms with Gasteiger partial charge in [0.2, 0.25) is 0 Å². The van der Waals surface area contributed by atoms with Crippen molar-refractivity contribution in [1.82, 2.24) is 0 Å². The number of aryl methyl sites for hydroxylation is 2. The quantitative estimate of drug-likeness (QED) is 0.881. The molecule has 2 aromatic carbocycles. The van der Waals surface area contributed by atoms with Gasteiger partial charge >= 0.3 is 0 Å². The lowest BCUT2D eigenvalue weighted by Gasteiger charge is -2.20. The number of benzene rings is 2. The summed E-state index contributed by atoms with van der Waals surface area (Å²) in [6.45, 7) is 4.60. The van der Waals surface area contributed by atoms with E-state index in [0.717, 1.165) is 23.5 Å². The Bertz CT molecular complexity index is 596. The standard InChI is InChI=1S/C18H23NO2/c1-4-14-8-9-16(17(11-14)20-3)21-18(12-19)15-7-5-6-13(2)10-15/h5-11,18H,4,12,19H2,1-3H3. The summed E-state index contributed by atoms with van der Waals surface area (Å²) in [7, 11) is 1.66. The van der Waals surface area contributed by atoms with E-state index in [4.69, 9.17) is 15.2 Å². The lowest BCUT2D eigenvalue weighted by molar-refractivity contribution is 0.204. The number of ether oxygens (including phenoxy) is 2. The molecule has 3 nitrogen and oxygen atoms in total. The minimum Gasteiger partial charge on any atom is -0.493 e. The van der Waals surface area contributed by atoms with E-state index < -0.39 is 0 Å². The molecule has 0 saturated carbocycles.